The Morgan fingerprint density at radius 3 is 2.32 bits per heavy atom. The normalized spacial score (nSPS) is 9.95. The predicted molar refractivity (Wildman–Crippen MR) is 68.8 cm³/mol. The molecule has 5 heteroatoms. The fourth-order valence-corrected chi connectivity index (χ4v) is 1.51. The standard InChI is InChI=1S/C14H12N2O3/c1-2-19-14(18)11-4-6-13(16-8-11)12-5-3-10(9-17)7-15-12/h3-9H,2H2,1H3. The number of aromatic nitrogens is 2. The maximum atomic E-state index is 11.5. The number of nitrogens with zero attached hydrogens (tertiary/aromatic N) is 2. The summed E-state index contributed by atoms with van der Waals surface area (Å²) >= 11 is 0. The van der Waals surface area contributed by atoms with Crippen molar-refractivity contribution >= 4 is 12.3 Å². The van der Waals surface area contributed by atoms with Crippen molar-refractivity contribution < 1.29 is 14.3 Å². The van der Waals surface area contributed by atoms with E-state index in [4.69, 9.17) is 4.74 Å². The van der Waals surface area contributed by atoms with Crippen LogP contribution in [-0.2, 0) is 4.74 Å². The van der Waals surface area contributed by atoms with E-state index in [9.17, 15) is 9.59 Å². The van der Waals surface area contributed by atoms with Crippen LogP contribution in [0.1, 0.15) is 27.6 Å². The molecule has 0 spiro atoms. The van der Waals surface area contributed by atoms with Crippen LogP contribution < -0.4 is 0 Å². The molecule has 0 atom stereocenters. The van der Waals surface area contributed by atoms with Gasteiger partial charge >= 0.3 is 5.97 Å². The molecular weight excluding hydrogens is 244 g/mol. The van der Waals surface area contributed by atoms with Gasteiger partial charge in [-0.2, -0.15) is 0 Å². The van der Waals surface area contributed by atoms with E-state index in [-0.39, 0.29) is 0 Å². The number of esters is 1. The molecular formula is C14H12N2O3. The Kier molecular flexibility index (Phi) is 3.97. The second-order valence-corrected chi connectivity index (χ2v) is 3.75. The first kappa shape index (κ1) is 12.9. The van der Waals surface area contributed by atoms with E-state index >= 15 is 0 Å². The number of pyridine rings is 2. The zero-order chi connectivity index (χ0) is 13.7. The number of aldehydes is 1. The number of hydrogen-bond donors (Lipinski definition) is 0. The molecule has 0 bridgehead atoms. The maximum Gasteiger partial charge on any atom is 0.339 e. The van der Waals surface area contributed by atoms with Gasteiger partial charge in [0.05, 0.1) is 23.6 Å². The van der Waals surface area contributed by atoms with Crippen LogP contribution in [0.15, 0.2) is 36.7 Å². The first-order chi connectivity index (χ1) is 9.24. The monoisotopic (exact) mass is 256 g/mol. The van der Waals surface area contributed by atoms with Gasteiger partial charge in [-0.25, -0.2) is 4.79 Å². The Morgan fingerprint density at radius 1 is 1.16 bits per heavy atom. The molecule has 2 rings (SSSR count). The summed E-state index contributed by atoms with van der Waals surface area (Å²) in [6.45, 7) is 2.08. The number of carbonyl (C=O) groups is 2. The lowest BCUT2D eigenvalue weighted by Gasteiger charge is -2.03. The van der Waals surface area contributed by atoms with E-state index in [1.165, 1.54) is 12.4 Å². The first-order valence-electron chi connectivity index (χ1n) is 5.79. The highest BCUT2D eigenvalue weighted by molar-refractivity contribution is 5.89. The molecule has 0 saturated heterocycles. The van der Waals surface area contributed by atoms with Crippen molar-refractivity contribution in [2.24, 2.45) is 0 Å². The highest BCUT2D eigenvalue weighted by atomic mass is 16.5. The van der Waals surface area contributed by atoms with Crippen molar-refractivity contribution in [3.63, 3.8) is 0 Å². The zero-order valence-corrected chi connectivity index (χ0v) is 10.4. The molecule has 0 fully saturated rings. The molecule has 96 valence electrons. The minimum atomic E-state index is -0.397. The number of ether oxygens (including phenoxy) is 1. The van der Waals surface area contributed by atoms with Crippen molar-refractivity contribution in [1.82, 2.24) is 9.97 Å². The topological polar surface area (TPSA) is 69.2 Å². The van der Waals surface area contributed by atoms with Crippen molar-refractivity contribution in [3.05, 3.63) is 47.8 Å². The Labute approximate surface area is 110 Å². The Morgan fingerprint density at radius 2 is 1.84 bits per heavy atom. The lowest BCUT2D eigenvalue weighted by atomic mass is 10.2. The smallest absolute Gasteiger partial charge is 0.339 e. The average molecular weight is 256 g/mol. The van der Waals surface area contributed by atoms with Crippen LogP contribution in [0.2, 0.25) is 0 Å². The third kappa shape index (κ3) is 3.01. The van der Waals surface area contributed by atoms with Gasteiger partial charge in [-0.1, -0.05) is 0 Å². The van der Waals surface area contributed by atoms with Gasteiger partial charge in [-0.05, 0) is 31.2 Å². The van der Waals surface area contributed by atoms with Crippen LogP contribution in [0.4, 0.5) is 0 Å². The largest absolute Gasteiger partial charge is 0.462 e. The van der Waals surface area contributed by atoms with Gasteiger partial charge in [-0.15, -0.1) is 0 Å². The summed E-state index contributed by atoms with van der Waals surface area (Å²) in [6, 6.07) is 6.69. The van der Waals surface area contributed by atoms with Gasteiger partial charge < -0.3 is 4.74 Å². The van der Waals surface area contributed by atoms with E-state index in [1.807, 2.05) is 0 Å². The summed E-state index contributed by atoms with van der Waals surface area (Å²) in [5.74, 6) is -0.397. The van der Waals surface area contributed by atoms with Crippen LogP contribution in [0, 0.1) is 0 Å². The summed E-state index contributed by atoms with van der Waals surface area (Å²) in [5, 5.41) is 0. The molecule has 2 aromatic rings. The van der Waals surface area contributed by atoms with Gasteiger partial charge in [-0.3, -0.25) is 14.8 Å². The third-order valence-corrected chi connectivity index (χ3v) is 2.46. The lowest BCUT2D eigenvalue weighted by molar-refractivity contribution is 0.0526. The van der Waals surface area contributed by atoms with Crippen LogP contribution in [0.3, 0.4) is 0 Å². The minimum absolute atomic E-state index is 0.329. The average Bonchev–Trinajstić information content (AvgIpc) is 2.48. The summed E-state index contributed by atoms with van der Waals surface area (Å²) < 4.78 is 4.87. The summed E-state index contributed by atoms with van der Waals surface area (Å²) in [7, 11) is 0. The van der Waals surface area contributed by atoms with Gasteiger partial charge in [0.1, 0.15) is 0 Å². The van der Waals surface area contributed by atoms with E-state index in [2.05, 4.69) is 9.97 Å². The van der Waals surface area contributed by atoms with Crippen molar-refractivity contribution in [1.29, 1.82) is 0 Å². The van der Waals surface area contributed by atoms with E-state index in [0.717, 1.165) is 6.29 Å². The molecule has 0 N–H and O–H groups in total. The van der Waals surface area contributed by atoms with Crippen LogP contribution in [0.5, 0.6) is 0 Å². The Balaban J connectivity index is 2.21. The predicted octanol–water partition coefficient (Wildman–Crippen LogP) is 2.13. The third-order valence-electron chi connectivity index (χ3n) is 2.46. The molecule has 0 aliphatic heterocycles. The van der Waals surface area contributed by atoms with Crippen molar-refractivity contribution in [2.45, 2.75) is 6.92 Å². The zero-order valence-electron chi connectivity index (χ0n) is 10.4. The SMILES string of the molecule is CCOC(=O)c1ccc(-c2ccc(C=O)cn2)nc1. The van der Waals surface area contributed by atoms with Crippen molar-refractivity contribution in [3.8, 4) is 11.4 Å². The lowest BCUT2D eigenvalue weighted by Crippen LogP contribution is -2.05. The molecule has 19 heavy (non-hydrogen) atoms. The summed E-state index contributed by atoms with van der Waals surface area (Å²) in [5.41, 5.74) is 2.17. The summed E-state index contributed by atoms with van der Waals surface area (Å²) in [6.07, 6.45) is 3.65. The second kappa shape index (κ2) is 5.86. The number of carbonyl (C=O) groups excluding carboxylic acids is 2. The second-order valence-electron chi connectivity index (χ2n) is 3.75. The molecule has 2 aromatic heterocycles. The molecule has 0 unspecified atom stereocenters. The Bertz CT molecular complexity index is 577. The van der Waals surface area contributed by atoms with Gasteiger partial charge in [0, 0.05) is 18.0 Å². The van der Waals surface area contributed by atoms with Gasteiger partial charge in [0.15, 0.2) is 6.29 Å². The highest BCUT2D eigenvalue weighted by Crippen LogP contribution is 2.14. The molecule has 0 radical (unpaired) electrons. The highest BCUT2D eigenvalue weighted by Gasteiger charge is 2.07. The molecule has 0 saturated carbocycles. The van der Waals surface area contributed by atoms with Crippen molar-refractivity contribution in [2.75, 3.05) is 6.61 Å². The molecule has 0 aromatic carbocycles. The van der Waals surface area contributed by atoms with Crippen LogP contribution in [0.25, 0.3) is 11.4 Å². The van der Waals surface area contributed by atoms with Gasteiger partial charge in [0.2, 0.25) is 0 Å². The quantitative estimate of drug-likeness (QED) is 0.619. The minimum Gasteiger partial charge on any atom is -0.462 e. The molecule has 0 amide bonds. The van der Waals surface area contributed by atoms with E-state index in [1.54, 1.807) is 31.2 Å². The Hall–Kier alpha value is -2.56. The number of rotatable bonds is 4. The first-order valence-corrected chi connectivity index (χ1v) is 5.79. The maximum absolute atomic E-state index is 11.5. The fraction of sp³-hybridized carbons (Fsp3) is 0.143. The fourth-order valence-electron chi connectivity index (χ4n) is 1.51. The molecule has 5 nitrogen and oxygen atoms in total. The van der Waals surface area contributed by atoms with Crippen LogP contribution >= 0.6 is 0 Å². The van der Waals surface area contributed by atoms with Gasteiger partial charge in [0.25, 0.3) is 0 Å². The molecule has 0 aliphatic carbocycles. The summed E-state index contributed by atoms with van der Waals surface area (Å²) in [4.78, 5) is 30.3. The number of hydrogen-bond acceptors (Lipinski definition) is 5. The molecule has 0 aliphatic rings. The molecule has 2 heterocycles. The van der Waals surface area contributed by atoms with E-state index in [0.29, 0.717) is 29.1 Å². The van der Waals surface area contributed by atoms with Crippen LogP contribution in [-0.4, -0.2) is 28.8 Å². The van der Waals surface area contributed by atoms with E-state index < -0.39 is 5.97 Å².